The molecule has 1 amide bonds. The van der Waals surface area contributed by atoms with Crippen LogP contribution >= 0.6 is 0 Å². The number of carbonyl (C=O) groups is 1. The molecule has 1 aromatic heterocycles. The molecule has 0 spiro atoms. The molecule has 0 aliphatic carbocycles. The second-order valence-electron chi connectivity index (χ2n) is 6.09. The van der Waals surface area contributed by atoms with Gasteiger partial charge in [0.05, 0.1) is 19.3 Å². The normalized spacial score (nSPS) is 16.4. The van der Waals surface area contributed by atoms with Crippen LogP contribution in [0.1, 0.15) is 27.7 Å². The summed E-state index contributed by atoms with van der Waals surface area (Å²) in [7, 11) is 0. The summed E-state index contributed by atoms with van der Waals surface area (Å²) in [6, 6.07) is 11.1. The van der Waals surface area contributed by atoms with Gasteiger partial charge >= 0.3 is 0 Å². The molecule has 7 nitrogen and oxygen atoms in total. The first-order valence-corrected chi connectivity index (χ1v) is 8.36. The molecular weight excluding hydrogens is 320 g/mol. The first kappa shape index (κ1) is 17.3. The number of nitrogens with one attached hydrogen (secondary N) is 2. The fourth-order valence-electron chi connectivity index (χ4n) is 2.98. The van der Waals surface area contributed by atoms with Gasteiger partial charge in [0, 0.05) is 25.7 Å². The number of hydrogen-bond acceptors (Lipinski definition) is 5. The number of amides is 1. The van der Waals surface area contributed by atoms with E-state index in [1.54, 1.807) is 0 Å². The van der Waals surface area contributed by atoms with E-state index in [-0.39, 0.29) is 23.2 Å². The summed E-state index contributed by atoms with van der Waals surface area (Å²) >= 11 is 0. The van der Waals surface area contributed by atoms with Crippen molar-refractivity contribution in [3.8, 4) is 0 Å². The van der Waals surface area contributed by atoms with Crippen LogP contribution in [-0.2, 0) is 4.74 Å². The van der Waals surface area contributed by atoms with Gasteiger partial charge in [-0.2, -0.15) is 5.10 Å². The zero-order valence-electron chi connectivity index (χ0n) is 14.2. The van der Waals surface area contributed by atoms with E-state index in [0.29, 0.717) is 19.8 Å². The van der Waals surface area contributed by atoms with Crippen molar-refractivity contribution >= 4 is 5.91 Å². The lowest BCUT2D eigenvalue weighted by molar-refractivity contribution is 0.0162. The summed E-state index contributed by atoms with van der Waals surface area (Å²) in [5.41, 5.74) is 2.22. The molecule has 0 bridgehead atoms. The van der Waals surface area contributed by atoms with Gasteiger partial charge in [-0.1, -0.05) is 29.8 Å². The topological polar surface area (TPSA) is 87.3 Å². The van der Waals surface area contributed by atoms with Gasteiger partial charge in [-0.15, -0.1) is 0 Å². The lowest BCUT2D eigenvalue weighted by Crippen LogP contribution is -2.44. The molecule has 1 aliphatic rings. The summed E-state index contributed by atoms with van der Waals surface area (Å²) in [5.74, 6) is -0.304. The Hall–Kier alpha value is -2.51. The lowest BCUT2D eigenvalue weighted by Gasteiger charge is -2.35. The highest BCUT2D eigenvalue weighted by Gasteiger charge is 2.23. The molecule has 25 heavy (non-hydrogen) atoms. The van der Waals surface area contributed by atoms with Crippen molar-refractivity contribution < 1.29 is 9.53 Å². The minimum atomic E-state index is -0.331. The average molecular weight is 342 g/mol. The maximum atomic E-state index is 12.3. The van der Waals surface area contributed by atoms with Gasteiger partial charge < -0.3 is 10.1 Å². The number of morpholine rings is 1. The van der Waals surface area contributed by atoms with Gasteiger partial charge in [-0.3, -0.25) is 14.5 Å². The van der Waals surface area contributed by atoms with Crippen molar-refractivity contribution in [2.24, 2.45) is 0 Å². The van der Waals surface area contributed by atoms with Crippen molar-refractivity contribution in [1.82, 2.24) is 20.4 Å². The zero-order valence-corrected chi connectivity index (χ0v) is 14.2. The molecule has 2 N–H and O–H groups in total. The predicted molar refractivity (Wildman–Crippen MR) is 93.5 cm³/mol. The smallest absolute Gasteiger partial charge is 0.271 e. The van der Waals surface area contributed by atoms with E-state index in [9.17, 15) is 9.59 Å². The minimum absolute atomic E-state index is 0.0653. The number of aromatic amines is 1. The second-order valence-corrected chi connectivity index (χ2v) is 6.09. The van der Waals surface area contributed by atoms with Crippen LogP contribution in [0.5, 0.6) is 0 Å². The summed E-state index contributed by atoms with van der Waals surface area (Å²) in [6.07, 6.45) is 0. The van der Waals surface area contributed by atoms with E-state index in [1.807, 2.05) is 6.07 Å². The summed E-state index contributed by atoms with van der Waals surface area (Å²) in [5, 5.41) is 8.98. The van der Waals surface area contributed by atoms with Gasteiger partial charge in [0.1, 0.15) is 5.69 Å². The third kappa shape index (κ3) is 4.52. The molecule has 1 atom stereocenters. The van der Waals surface area contributed by atoms with E-state index >= 15 is 0 Å². The van der Waals surface area contributed by atoms with Gasteiger partial charge in [-0.25, -0.2) is 5.10 Å². The summed E-state index contributed by atoms with van der Waals surface area (Å²) in [6.45, 7) is 5.55. The zero-order chi connectivity index (χ0) is 17.6. The Bertz CT molecular complexity index is 763. The Morgan fingerprint density at radius 2 is 2.12 bits per heavy atom. The molecule has 1 unspecified atom stereocenters. The molecule has 1 saturated heterocycles. The molecule has 0 saturated carbocycles. The quantitative estimate of drug-likeness (QED) is 0.842. The number of aromatic nitrogens is 2. The Kier molecular flexibility index (Phi) is 5.57. The molecule has 7 heteroatoms. The molecule has 132 valence electrons. The largest absolute Gasteiger partial charge is 0.379 e. The Morgan fingerprint density at radius 1 is 1.32 bits per heavy atom. The van der Waals surface area contributed by atoms with Crippen LogP contribution < -0.4 is 10.9 Å². The fraction of sp³-hybridized carbons (Fsp3) is 0.389. The van der Waals surface area contributed by atoms with Crippen LogP contribution in [0.25, 0.3) is 0 Å². The van der Waals surface area contributed by atoms with E-state index in [0.717, 1.165) is 18.7 Å². The van der Waals surface area contributed by atoms with Gasteiger partial charge in [0.25, 0.3) is 11.5 Å². The SMILES string of the molecule is Cc1cccc(C(CNC(=O)c2ccc(=O)[nH]n2)N2CCOCC2)c1. The number of hydrogen-bond donors (Lipinski definition) is 2. The van der Waals surface area contributed by atoms with Crippen LogP contribution in [0.15, 0.2) is 41.2 Å². The van der Waals surface area contributed by atoms with Crippen LogP contribution in [-0.4, -0.2) is 53.9 Å². The van der Waals surface area contributed by atoms with Crippen LogP contribution in [0.4, 0.5) is 0 Å². The fourth-order valence-corrected chi connectivity index (χ4v) is 2.98. The van der Waals surface area contributed by atoms with Crippen molar-refractivity contribution in [2.45, 2.75) is 13.0 Å². The highest BCUT2D eigenvalue weighted by molar-refractivity contribution is 5.91. The van der Waals surface area contributed by atoms with E-state index in [2.05, 4.69) is 45.5 Å². The molecular formula is C18H22N4O3. The summed E-state index contributed by atoms with van der Waals surface area (Å²) in [4.78, 5) is 25.7. The lowest BCUT2D eigenvalue weighted by atomic mass is 10.0. The second kappa shape index (κ2) is 8.04. The van der Waals surface area contributed by atoms with E-state index < -0.39 is 0 Å². The van der Waals surface area contributed by atoms with Crippen molar-refractivity contribution in [2.75, 3.05) is 32.8 Å². The highest BCUT2D eigenvalue weighted by Crippen LogP contribution is 2.22. The van der Waals surface area contributed by atoms with E-state index in [4.69, 9.17) is 4.74 Å². The molecule has 2 aromatic rings. The average Bonchev–Trinajstić information content (AvgIpc) is 2.63. The predicted octanol–water partition coefficient (Wildman–Crippen LogP) is 0.882. The number of aryl methyl sites for hydroxylation is 1. The number of benzene rings is 1. The molecule has 1 fully saturated rings. The molecule has 1 aliphatic heterocycles. The summed E-state index contributed by atoms with van der Waals surface area (Å²) < 4.78 is 5.44. The highest BCUT2D eigenvalue weighted by atomic mass is 16.5. The number of H-pyrrole nitrogens is 1. The number of carbonyl (C=O) groups excluding carboxylic acids is 1. The monoisotopic (exact) mass is 342 g/mol. The number of rotatable bonds is 5. The first-order valence-electron chi connectivity index (χ1n) is 8.36. The van der Waals surface area contributed by atoms with Gasteiger partial charge in [0.2, 0.25) is 0 Å². The number of nitrogens with zero attached hydrogens (tertiary/aromatic N) is 2. The minimum Gasteiger partial charge on any atom is -0.379 e. The van der Waals surface area contributed by atoms with Gasteiger partial charge in [-0.05, 0) is 18.6 Å². The molecule has 3 rings (SSSR count). The van der Waals surface area contributed by atoms with Crippen LogP contribution in [0, 0.1) is 6.92 Å². The van der Waals surface area contributed by atoms with Crippen LogP contribution in [0.3, 0.4) is 0 Å². The molecule has 1 aromatic carbocycles. The Morgan fingerprint density at radius 3 is 2.80 bits per heavy atom. The Balaban J connectivity index is 1.74. The third-order valence-corrected chi connectivity index (χ3v) is 4.28. The molecule has 0 radical (unpaired) electrons. The van der Waals surface area contributed by atoms with Crippen molar-refractivity contribution in [1.29, 1.82) is 0 Å². The van der Waals surface area contributed by atoms with Crippen LogP contribution in [0.2, 0.25) is 0 Å². The van der Waals surface area contributed by atoms with Crippen molar-refractivity contribution in [3.63, 3.8) is 0 Å². The molecule has 2 heterocycles. The van der Waals surface area contributed by atoms with Crippen molar-refractivity contribution in [3.05, 3.63) is 63.6 Å². The maximum Gasteiger partial charge on any atom is 0.271 e. The van der Waals surface area contributed by atoms with Gasteiger partial charge in [0.15, 0.2) is 0 Å². The first-order chi connectivity index (χ1) is 12.1. The number of ether oxygens (including phenoxy) is 1. The van der Waals surface area contributed by atoms with E-state index in [1.165, 1.54) is 17.7 Å². The maximum absolute atomic E-state index is 12.3. The third-order valence-electron chi connectivity index (χ3n) is 4.28. The Labute approximate surface area is 146 Å². The standard InChI is InChI=1S/C18H22N4O3/c1-13-3-2-4-14(11-13)16(22-7-9-25-10-8-22)12-19-18(24)15-5-6-17(23)21-20-15/h2-6,11,16H,7-10,12H2,1H3,(H,19,24)(H,21,23).